The minimum atomic E-state index is -3.74. The number of ether oxygens (including phenoxy) is 3. The van der Waals surface area contributed by atoms with Crippen LogP contribution in [-0.2, 0) is 20.6 Å². The molecule has 168 valence electrons. The highest BCUT2D eigenvalue weighted by atomic mass is 32.2. The number of amides is 1. The molecule has 8 nitrogen and oxygen atoms in total. The highest BCUT2D eigenvalue weighted by Gasteiger charge is 2.37. The van der Waals surface area contributed by atoms with Crippen molar-refractivity contribution in [2.75, 3.05) is 37.0 Å². The average Bonchev–Trinajstić information content (AvgIpc) is 2.81. The van der Waals surface area contributed by atoms with E-state index in [4.69, 9.17) is 14.2 Å². The van der Waals surface area contributed by atoms with Gasteiger partial charge in [0.2, 0.25) is 15.9 Å². The van der Waals surface area contributed by atoms with Crippen molar-refractivity contribution in [2.24, 2.45) is 5.41 Å². The lowest BCUT2D eigenvalue weighted by Crippen LogP contribution is -2.42. The minimum Gasteiger partial charge on any atom is -0.497 e. The maximum Gasteiger partial charge on any atom is 0.236 e. The fourth-order valence-electron chi connectivity index (χ4n) is 3.41. The number of benzene rings is 2. The zero-order chi connectivity index (χ0) is 22.8. The zero-order valence-electron chi connectivity index (χ0n) is 18.4. The lowest BCUT2D eigenvalue weighted by molar-refractivity contribution is -0.127. The molecule has 1 aliphatic heterocycles. The summed E-state index contributed by atoms with van der Waals surface area (Å²) in [4.78, 5) is 14.5. The molecule has 0 atom stereocenters. The first-order valence-electron chi connectivity index (χ1n) is 9.90. The van der Waals surface area contributed by atoms with Crippen molar-refractivity contribution in [2.45, 2.75) is 26.5 Å². The van der Waals surface area contributed by atoms with Crippen LogP contribution < -0.4 is 23.8 Å². The Hall–Kier alpha value is -2.94. The molecule has 2 aromatic carbocycles. The van der Waals surface area contributed by atoms with E-state index in [0.717, 1.165) is 0 Å². The van der Waals surface area contributed by atoms with Gasteiger partial charge in [-0.2, -0.15) is 0 Å². The molecule has 0 aliphatic carbocycles. The Morgan fingerprint density at radius 2 is 1.74 bits per heavy atom. The summed E-state index contributed by atoms with van der Waals surface area (Å²) in [5, 5.41) is 0. The quantitative estimate of drug-likeness (QED) is 0.698. The summed E-state index contributed by atoms with van der Waals surface area (Å²) in [6, 6.07) is 9.90. The molecule has 0 saturated carbocycles. The van der Waals surface area contributed by atoms with E-state index in [-0.39, 0.29) is 18.3 Å². The molecule has 31 heavy (non-hydrogen) atoms. The number of fused-ring (bicyclic) bond motifs is 1. The van der Waals surface area contributed by atoms with Crippen molar-refractivity contribution in [1.82, 2.24) is 0 Å². The van der Waals surface area contributed by atoms with Crippen LogP contribution in [0.1, 0.15) is 26.3 Å². The molecular formula is C22H28N2O6S. The summed E-state index contributed by atoms with van der Waals surface area (Å²) < 4.78 is 44.5. The molecule has 0 saturated heterocycles. The second-order valence-electron chi connectivity index (χ2n) is 7.99. The number of hydrogen-bond donors (Lipinski definition) is 1. The Kier molecular flexibility index (Phi) is 6.35. The fourth-order valence-corrected chi connectivity index (χ4v) is 4.57. The van der Waals surface area contributed by atoms with Crippen molar-refractivity contribution in [3.05, 3.63) is 42.0 Å². The third-order valence-electron chi connectivity index (χ3n) is 5.02. The Bertz CT molecular complexity index is 1060. The first-order valence-corrected chi connectivity index (χ1v) is 11.5. The van der Waals surface area contributed by atoms with Crippen molar-refractivity contribution in [3.8, 4) is 17.2 Å². The highest BCUT2D eigenvalue weighted by molar-refractivity contribution is 7.91. The smallest absolute Gasteiger partial charge is 0.236 e. The van der Waals surface area contributed by atoms with Crippen molar-refractivity contribution < 1.29 is 27.4 Å². The van der Waals surface area contributed by atoms with E-state index in [1.165, 1.54) is 14.2 Å². The summed E-state index contributed by atoms with van der Waals surface area (Å²) >= 11 is 0. The Balaban J connectivity index is 1.88. The molecule has 3 rings (SSSR count). The molecule has 2 aromatic rings. The molecule has 0 unspecified atom stereocenters. The topological polar surface area (TPSA) is 94.2 Å². The van der Waals surface area contributed by atoms with E-state index in [2.05, 4.69) is 4.72 Å². The molecule has 0 fully saturated rings. The largest absolute Gasteiger partial charge is 0.497 e. The Labute approximate surface area is 183 Å². The standard InChI is InChI=1S/C22H28N2O6S/c1-6-24-19-11-16(7-8-20(19)30-14-22(2,3)21(24)25)23-31(26,27)13-15-9-17(28-4)12-18(10-15)29-5/h7-12,23H,6,13-14H2,1-5H3. The maximum absolute atomic E-state index is 12.9. The minimum absolute atomic E-state index is 0.0720. The lowest BCUT2D eigenvalue weighted by atomic mass is 9.93. The van der Waals surface area contributed by atoms with E-state index in [1.807, 2.05) is 20.8 Å². The van der Waals surface area contributed by atoms with Crippen molar-refractivity contribution >= 4 is 27.3 Å². The Morgan fingerprint density at radius 3 is 2.32 bits per heavy atom. The fraction of sp³-hybridized carbons (Fsp3) is 0.409. The monoisotopic (exact) mass is 448 g/mol. The zero-order valence-corrected chi connectivity index (χ0v) is 19.2. The van der Waals surface area contributed by atoms with Gasteiger partial charge in [0.15, 0.2) is 0 Å². The number of anilines is 2. The predicted octanol–water partition coefficient (Wildman–Crippen LogP) is 3.42. The molecule has 1 N–H and O–H groups in total. The van der Waals surface area contributed by atoms with Gasteiger partial charge in [-0.25, -0.2) is 8.42 Å². The van der Waals surface area contributed by atoms with Crippen LogP contribution in [0, 0.1) is 5.41 Å². The highest BCUT2D eigenvalue weighted by Crippen LogP contribution is 2.38. The van der Waals surface area contributed by atoms with Gasteiger partial charge in [-0.1, -0.05) is 0 Å². The molecule has 1 heterocycles. The van der Waals surface area contributed by atoms with Gasteiger partial charge in [-0.05, 0) is 56.7 Å². The molecule has 0 spiro atoms. The molecular weight excluding hydrogens is 420 g/mol. The number of carbonyl (C=O) groups is 1. The van der Waals surface area contributed by atoms with Crippen molar-refractivity contribution in [1.29, 1.82) is 0 Å². The SMILES string of the molecule is CCN1C(=O)C(C)(C)COc2ccc(NS(=O)(=O)Cc3cc(OC)cc(OC)c3)cc21. The molecule has 9 heteroatoms. The van der Waals surface area contributed by atoms with Gasteiger partial charge in [0.1, 0.15) is 23.9 Å². The normalized spacial score (nSPS) is 15.5. The number of hydrogen-bond acceptors (Lipinski definition) is 6. The average molecular weight is 449 g/mol. The number of nitrogens with one attached hydrogen (secondary N) is 1. The van der Waals surface area contributed by atoms with Crippen LogP contribution in [-0.4, -0.2) is 41.7 Å². The number of carbonyl (C=O) groups excluding carboxylic acids is 1. The van der Waals surface area contributed by atoms with Gasteiger partial charge in [0.25, 0.3) is 0 Å². The second-order valence-corrected chi connectivity index (χ2v) is 9.71. The van der Waals surface area contributed by atoms with E-state index < -0.39 is 15.4 Å². The predicted molar refractivity (Wildman–Crippen MR) is 120 cm³/mol. The summed E-state index contributed by atoms with van der Waals surface area (Å²) in [5.74, 6) is 1.22. The molecule has 0 aromatic heterocycles. The van der Waals surface area contributed by atoms with Crippen LogP contribution in [0.25, 0.3) is 0 Å². The van der Waals surface area contributed by atoms with Crippen LogP contribution in [0.4, 0.5) is 11.4 Å². The van der Waals surface area contributed by atoms with Gasteiger partial charge >= 0.3 is 0 Å². The number of sulfonamides is 1. The first-order chi connectivity index (χ1) is 14.6. The number of methoxy groups -OCH3 is 2. The molecule has 0 bridgehead atoms. The maximum atomic E-state index is 12.9. The second kappa shape index (κ2) is 8.66. The van der Waals surface area contributed by atoms with Crippen LogP contribution in [0.5, 0.6) is 17.2 Å². The number of nitrogens with zero attached hydrogens (tertiary/aromatic N) is 1. The first kappa shape index (κ1) is 22.7. The molecule has 1 aliphatic rings. The number of rotatable bonds is 7. The summed E-state index contributed by atoms with van der Waals surface area (Å²) in [5.41, 5.74) is 0.735. The van der Waals surface area contributed by atoms with Gasteiger partial charge in [0, 0.05) is 12.6 Å². The van der Waals surface area contributed by atoms with Gasteiger partial charge in [0.05, 0.1) is 36.8 Å². The summed E-state index contributed by atoms with van der Waals surface area (Å²) in [6.07, 6.45) is 0. The van der Waals surface area contributed by atoms with Gasteiger partial charge < -0.3 is 19.1 Å². The van der Waals surface area contributed by atoms with Gasteiger partial charge in [-0.3, -0.25) is 9.52 Å². The lowest BCUT2D eigenvalue weighted by Gasteiger charge is -2.27. The van der Waals surface area contributed by atoms with Crippen molar-refractivity contribution in [3.63, 3.8) is 0 Å². The third-order valence-corrected chi connectivity index (χ3v) is 6.28. The summed E-state index contributed by atoms with van der Waals surface area (Å²) in [7, 11) is -0.729. The van der Waals surface area contributed by atoms with Crippen LogP contribution in [0.3, 0.4) is 0 Å². The summed E-state index contributed by atoms with van der Waals surface area (Å²) in [6.45, 7) is 6.22. The van der Waals surface area contributed by atoms with Crippen LogP contribution >= 0.6 is 0 Å². The van der Waals surface area contributed by atoms with E-state index in [9.17, 15) is 13.2 Å². The van der Waals surface area contributed by atoms with Crippen LogP contribution in [0.15, 0.2) is 36.4 Å². The van der Waals surface area contributed by atoms with E-state index >= 15 is 0 Å². The van der Waals surface area contributed by atoms with E-state index in [1.54, 1.807) is 41.3 Å². The molecule has 0 radical (unpaired) electrons. The van der Waals surface area contributed by atoms with Gasteiger partial charge in [-0.15, -0.1) is 0 Å². The van der Waals surface area contributed by atoms with Crippen LogP contribution in [0.2, 0.25) is 0 Å². The third kappa shape index (κ3) is 5.04. The Morgan fingerprint density at radius 1 is 1.10 bits per heavy atom. The molecule has 1 amide bonds. The van der Waals surface area contributed by atoms with E-state index in [0.29, 0.717) is 40.7 Å².